The molecule has 0 aliphatic carbocycles. The molecule has 5 rings (SSSR count). The molecule has 184 valence electrons. The Morgan fingerprint density at radius 3 is 2.16 bits per heavy atom. The van der Waals surface area contributed by atoms with Gasteiger partial charge in [0.2, 0.25) is 11.2 Å². The monoisotopic (exact) mass is 492 g/mol. The summed E-state index contributed by atoms with van der Waals surface area (Å²) in [7, 11) is 0. The Morgan fingerprint density at radius 1 is 0.757 bits per heavy atom. The van der Waals surface area contributed by atoms with E-state index in [9.17, 15) is 9.59 Å². The largest absolute Gasteiger partial charge is 0.482 e. The molecule has 0 amide bonds. The van der Waals surface area contributed by atoms with Crippen LogP contribution in [0.1, 0.15) is 11.1 Å². The zero-order chi connectivity index (χ0) is 25.8. The average molecular weight is 493 g/mol. The Bertz CT molecular complexity index is 1600. The molecule has 4 aromatic carbocycles. The highest BCUT2D eigenvalue weighted by Crippen LogP contribution is 2.27. The predicted molar refractivity (Wildman–Crippen MR) is 141 cm³/mol. The van der Waals surface area contributed by atoms with Gasteiger partial charge in [-0.15, -0.1) is 0 Å². The molecule has 6 heteroatoms. The lowest BCUT2D eigenvalue weighted by Gasteiger charge is -2.09. The van der Waals surface area contributed by atoms with Crippen LogP contribution in [0.25, 0.3) is 22.1 Å². The number of fused-ring (bicyclic) bond motifs is 1. The Hall–Kier alpha value is -4.84. The number of hydrogen-bond acceptors (Lipinski definition) is 6. The van der Waals surface area contributed by atoms with E-state index in [2.05, 4.69) is 0 Å². The first-order chi connectivity index (χ1) is 17.9. The molecule has 0 radical (unpaired) electrons. The molecule has 0 saturated heterocycles. The molecule has 0 bridgehead atoms. The van der Waals surface area contributed by atoms with Crippen molar-refractivity contribution >= 4 is 16.9 Å². The molecule has 0 aliphatic rings. The fraction of sp³-hybridized carbons (Fsp3) is 0.0968. The quantitative estimate of drug-likeness (QED) is 0.183. The number of carbonyl (C=O) groups is 1. The van der Waals surface area contributed by atoms with E-state index in [4.69, 9.17) is 18.6 Å². The second-order valence-electron chi connectivity index (χ2n) is 8.67. The molecule has 0 atom stereocenters. The van der Waals surface area contributed by atoms with Crippen molar-refractivity contribution in [1.29, 1.82) is 0 Å². The number of benzene rings is 4. The second-order valence-corrected chi connectivity index (χ2v) is 8.67. The average Bonchev–Trinajstić information content (AvgIpc) is 2.89. The summed E-state index contributed by atoms with van der Waals surface area (Å²) in [6.07, 6.45) is 1.25. The maximum absolute atomic E-state index is 13.0. The Balaban J connectivity index is 1.26. The summed E-state index contributed by atoms with van der Waals surface area (Å²) < 4.78 is 22.3. The van der Waals surface area contributed by atoms with Crippen molar-refractivity contribution in [2.45, 2.75) is 13.8 Å². The molecule has 0 fully saturated rings. The lowest BCUT2D eigenvalue weighted by atomic mass is 10.1. The lowest BCUT2D eigenvalue weighted by molar-refractivity contribution is -0.136. The van der Waals surface area contributed by atoms with Crippen LogP contribution in [0.15, 0.2) is 106 Å². The minimum absolute atomic E-state index is 0.0616. The molecule has 1 heterocycles. The zero-order valence-corrected chi connectivity index (χ0v) is 20.4. The van der Waals surface area contributed by atoms with Crippen LogP contribution in [0.2, 0.25) is 0 Å². The highest BCUT2D eigenvalue weighted by Gasteiger charge is 2.13. The SMILES string of the molecule is Cc1cc(C)cc(OCC(=O)Oc2ccc3c(=O)c(Oc4ccc(-c5ccccc5)cc4)coc3c2)c1. The van der Waals surface area contributed by atoms with Crippen LogP contribution in [-0.2, 0) is 4.79 Å². The van der Waals surface area contributed by atoms with Gasteiger partial charge >= 0.3 is 5.97 Å². The normalized spacial score (nSPS) is 10.8. The van der Waals surface area contributed by atoms with E-state index in [1.807, 2.05) is 74.5 Å². The van der Waals surface area contributed by atoms with Crippen molar-refractivity contribution in [3.63, 3.8) is 0 Å². The van der Waals surface area contributed by atoms with Gasteiger partial charge < -0.3 is 18.6 Å². The van der Waals surface area contributed by atoms with E-state index >= 15 is 0 Å². The fourth-order valence-electron chi connectivity index (χ4n) is 4.02. The maximum Gasteiger partial charge on any atom is 0.349 e. The number of ether oxygens (including phenoxy) is 3. The minimum Gasteiger partial charge on any atom is -0.482 e. The molecule has 1 aromatic heterocycles. The van der Waals surface area contributed by atoms with Gasteiger partial charge in [0.1, 0.15) is 29.1 Å². The van der Waals surface area contributed by atoms with Crippen molar-refractivity contribution in [1.82, 2.24) is 0 Å². The summed E-state index contributed by atoms with van der Waals surface area (Å²) in [5.74, 6) is 0.850. The number of rotatable bonds is 7. The van der Waals surface area contributed by atoms with Crippen LogP contribution in [0.5, 0.6) is 23.0 Å². The Labute approximate surface area is 213 Å². The first-order valence-corrected chi connectivity index (χ1v) is 11.8. The summed E-state index contributed by atoms with van der Waals surface area (Å²) in [6.45, 7) is 3.67. The van der Waals surface area contributed by atoms with Gasteiger partial charge in [0.15, 0.2) is 6.61 Å². The van der Waals surface area contributed by atoms with Gasteiger partial charge in [0, 0.05) is 6.07 Å². The minimum atomic E-state index is -0.570. The Morgan fingerprint density at radius 2 is 1.43 bits per heavy atom. The maximum atomic E-state index is 13.0. The smallest absolute Gasteiger partial charge is 0.349 e. The predicted octanol–water partition coefficient (Wildman–Crippen LogP) is 6.85. The molecular weight excluding hydrogens is 468 g/mol. The lowest BCUT2D eigenvalue weighted by Crippen LogP contribution is -2.17. The first-order valence-electron chi connectivity index (χ1n) is 11.8. The van der Waals surface area contributed by atoms with Crippen LogP contribution < -0.4 is 19.6 Å². The van der Waals surface area contributed by atoms with E-state index in [0.29, 0.717) is 16.9 Å². The second kappa shape index (κ2) is 10.4. The molecule has 0 saturated carbocycles. The summed E-state index contributed by atoms with van der Waals surface area (Å²) in [5, 5.41) is 0.310. The third kappa shape index (κ3) is 5.70. The van der Waals surface area contributed by atoms with Gasteiger partial charge in [-0.2, -0.15) is 0 Å². The molecule has 0 N–H and O–H groups in total. The summed E-state index contributed by atoms with van der Waals surface area (Å²) in [4.78, 5) is 25.2. The van der Waals surface area contributed by atoms with Crippen LogP contribution >= 0.6 is 0 Å². The molecule has 0 aliphatic heterocycles. The van der Waals surface area contributed by atoms with Crippen LogP contribution in [-0.4, -0.2) is 12.6 Å². The van der Waals surface area contributed by atoms with Crippen LogP contribution in [0.3, 0.4) is 0 Å². The van der Waals surface area contributed by atoms with Gasteiger partial charge in [-0.05, 0) is 72.5 Å². The number of esters is 1. The van der Waals surface area contributed by atoms with Crippen LogP contribution in [0, 0.1) is 13.8 Å². The zero-order valence-electron chi connectivity index (χ0n) is 20.4. The number of hydrogen-bond donors (Lipinski definition) is 0. The van der Waals surface area contributed by atoms with Crippen LogP contribution in [0.4, 0.5) is 0 Å². The number of aryl methyl sites for hydroxylation is 2. The third-order valence-corrected chi connectivity index (χ3v) is 5.69. The van der Waals surface area contributed by atoms with E-state index in [-0.39, 0.29) is 29.1 Å². The van der Waals surface area contributed by atoms with E-state index < -0.39 is 5.97 Å². The molecule has 0 spiro atoms. The van der Waals surface area contributed by atoms with Crippen molar-refractivity contribution in [2.75, 3.05) is 6.61 Å². The molecule has 5 aromatic rings. The molecular formula is C31H24O6. The van der Waals surface area contributed by atoms with Gasteiger partial charge in [-0.25, -0.2) is 4.79 Å². The molecule has 0 unspecified atom stereocenters. The summed E-state index contributed by atoms with van der Waals surface area (Å²) in [5.41, 5.74) is 4.16. The standard InChI is InChI=1S/C31H24O6/c1-20-14-21(2)16-26(15-20)34-19-30(32)37-25-12-13-27-28(17-25)35-18-29(31(27)33)36-24-10-8-23(9-11-24)22-6-4-3-5-7-22/h3-18H,19H2,1-2H3. The van der Waals surface area contributed by atoms with Gasteiger partial charge in [0.25, 0.3) is 0 Å². The van der Waals surface area contributed by atoms with E-state index in [1.165, 1.54) is 18.4 Å². The molecule has 37 heavy (non-hydrogen) atoms. The van der Waals surface area contributed by atoms with Gasteiger partial charge in [-0.1, -0.05) is 48.5 Å². The van der Waals surface area contributed by atoms with Crippen molar-refractivity contribution in [3.05, 3.63) is 119 Å². The fourth-order valence-corrected chi connectivity index (χ4v) is 4.02. The van der Waals surface area contributed by atoms with Gasteiger partial charge in [0.05, 0.1) is 5.39 Å². The van der Waals surface area contributed by atoms with E-state index in [0.717, 1.165) is 22.3 Å². The topological polar surface area (TPSA) is 75.0 Å². The first kappa shape index (κ1) is 23.9. The van der Waals surface area contributed by atoms with Crippen molar-refractivity contribution in [3.8, 4) is 34.1 Å². The highest BCUT2D eigenvalue weighted by molar-refractivity contribution is 5.81. The highest BCUT2D eigenvalue weighted by atomic mass is 16.6. The van der Waals surface area contributed by atoms with Gasteiger partial charge in [-0.3, -0.25) is 4.79 Å². The third-order valence-electron chi connectivity index (χ3n) is 5.69. The summed E-state index contributed by atoms with van der Waals surface area (Å²) >= 11 is 0. The number of carbonyl (C=O) groups excluding carboxylic acids is 1. The van der Waals surface area contributed by atoms with Crippen molar-refractivity contribution in [2.24, 2.45) is 0 Å². The summed E-state index contributed by atoms with van der Waals surface area (Å²) in [6, 6.07) is 27.7. The van der Waals surface area contributed by atoms with E-state index in [1.54, 1.807) is 18.2 Å². The molecule has 6 nitrogen and oxygen atoms in total. The van der Waals surface area contributed by atoms with Crippen molar-refractivity contribution < 1.29 is 23.4 Å². The Kier molecular flexibility index (Phi) is 6.72.